The van der Waals surface area contributed by atoms with E-state index in [1.165, 1.54) is 5.37 Å². The first kappa shape index (κ1) is 19.2. The highest BCUT2D eigenvalue weighted by Crippen LogP contribution is 2.26. The zero-order valence-corrected chi connectivity index (χ0v) is 16.5. The normalized spacial score (nSPS) is 13.9. The Morgan fingerprint density at radius 3 is 2.76 bits per heavy atom. The lowest BCUT2D eigenvalue weighted by Crippen LogP contribution is -2.36. The Bertz CT molecular complexity index is 1100. The van der Waals surface area contributed by atoms with Gasteiger partial charge in [0.15, 0.2) is 0 Å². The fourth-order valence-electron chi connectivity index (χ4n) is 3.29. The Morgan fingerprint density at radius 2 is 2.00 bits per heavy atom. The maximum absolute atomic E-state index is 12.4. The first-order valence-corrected chi connectivity index (χ1v) is 10.1. The number of aromatic amines is 1. The minimum Gasteiger partial charge on any atom is -0.378 e. The van der Waals surface area contributed by atoms with Crippen molar-refractivity contribution in [1.82, 2.24) is 9.97 Å². The van der Waals surface area contributed by atoms with E-state index in [4.69, 9.17) is 4.74 Å². The Kier molecular flexibility index (Phi) is 5.87. The molecule has 0 atom stereocenters. The molecule has 1 fully saturated rings. The number of anilines is 4. The fourth-order valence-corrected chi connectivity index (χ4v) is 3.44. The van der Waals surface area contributed by atoms with Crippen molar-refractivity contribution in [3.8, 4) is 0 Å². The molecule has 0 radical (unpaired) electrons. The van der Waals surface area contributed by atoms with Crippen molar-refractivity contribution in [3.05, 3.63) is 52.9 Å². The summed E-state index contributed by atoms with van der Waals surface area (Å²) in [7, 11) is 0. The number of nitrogens with one attached hydrogen (secondary N) is 3. The molecular formula is C20H21N5O3S. The SMILES string of the molecule is O=S=CCNc1cc2cc[nH]c(=O)c2c(Nc2ccc(N3CCOCC3)cc2)n1. The molecule has 3 aromatic rings. The second-order valence-corrected chi connectivity index (χ2v) is 7.07. The number of morpholine rings is 1. The average Bonchev–Trinajstić information content (AvgIpc) is 2.75. The molecule has 0 spiro atoms. The van der Waals surface area contributed by atoms with Gasteiger partial charge in [-0.05, 0) is 41.8 Å². The molecule has 0 bridgehead atoms. The fraction of sp³-hybridized carbons (Fsp3) is 0.250. The van der Waals surface area contributed by atoms with E-state index in [9.17, 15) is 9.00 Å². The van der Waals surface area contributed by atoms with Gasteiger partial charge >= 0.3 is 0 Å². The van der Waals surface area contributed by atoms with E-state index < -0.39 is 0 Å². The molecule has 0 aliphatic carbocycles. The lowest BCUT2D eigenvalue weighted by molar-refractivity contribution is 0.122. The molecule has 3 N–H and O–H groups in total. The number of benzene rings is 1. The summed E-state index contributed by atoms with van der Waals surface area (Å²) in [5, 5.41) is 9.08. The molecule has 9 heteroatoms. The molecule has 1 aliphatic heterocycles. The average molecular weight is 411 g/mol. The second kappa shape index (κ2) is 8.89. The maximum atomic E-state index is 12.4. The van der Waals surface area contributed by atoms with E-state index in [1.54, 1.807) is 12.3 Å². The Morgan fingerprint density at radius 1 is 1.21 bits per heavy atom. The van der Waals surface area contributed by atoms with Crippen molar-refractivity contribution >= 4 is 50.4 Å². The molecule has 0 amide bonds. The Labute approximate surface area is 171 Å². The number of fused-ring (bicyclic) bond motifs is 1. The van der Waals surface area contributed by atoms with E-state index in [-0.39, 0.29) is 5.56 Å². The number of H-pyrrole nitrogens is 1. The molecule has 8 nitrogen and oxygen atoms in total. The van der Waals surface area contributed by atoms with Crippen molar-refractivity contribution < 1.29 is 8.95 Å². The van der Waals surface area contributed by atoms with Crippen LogP contribution in [0.5, 0.6) is 0 Å². The summed E-state index contributed by atoms with van der Waals surface area (Å²) < 4.78 is 16.0. The first-order valence-electron chi connectivity index (χ1n) is 9.31. The summed E-state index contributed by atoms with van der Waals surface area (Å²) in [6.07, 6.45) is 1.61. The standard InChI is InChI=1S/C20H21N5O3S/c26-20-18-14(5-6-22-20)13-17(21-7-12-29-27)24-19(18)23-15-1-3-16(4-2-15)25-8-10-28-11-9-25/h1-6,12-13H,7-11H2,(H,22,26)(H2,21,23,24). The van der Waals surface area contributed by atoms with E-state index in [0.29, 0.717) is 34.8 Å². The zero-order valence-electron chi connectivity index (χ0n) is 15.7. The van der Waals surface area contributed by atoms with E-state index in [0.717, 1.165) is 43.1 Å². The van der Waals surface area contributed by atoms with Gasteiger partial charge in [0.25, 0.3) is 5.56 Å². The van der Waals surface area contributed by atoms with E-state index in [1.807, 2.05) is 30.3 Å². The van der Waals surface area contributed by atoms with Crippen LogP contribution in [0.1, 0.15) is 0 Å². The van der Waals surface area contributed by atoms with Crippen LogP contribution in [0, 0.1) is 0 Å². The van der Waals surface area contributed by atoms with Gasteiger partial charge in [-0.15, -0.1) is 0 Å². The highest BCUT2D eigenvalue weighted by atomic mass is 32.1. The smallest absolute Gasteiger partial charge is 0.259 e. The predicted octanol–water partition coefficient (Wildman–Crippen LogP) is 1.93. The van der Waals surface area contributed by atoms with Crippen LogP contribution in [0.2, 0.25) is 0 Å². The molecule has 3 heterocycles. The minimum absolute atomic E-state index is 0.212. The van der Waals surface area contributed by atoms with Crippen LogP contribution in [0.25, 0.3) is 10.8 Å². The number of nitrogens with zero attached hydrogens (tertiary/aromatic N) is 2. The van der Waals surface area contributed by atoms with Crippen LogP contribution in [-0.2, 0) is 16.0 Å². The summed E-state index contributed by atoms with van der Waals surface area (Å²) in [5.41, 5.74) is 1.75. The topological polar surface area (TPSA) is 99.3 Å². The number of rotatable bonds is 6. The molecule has 4 rings (SSSR count). The number of pyridine rings is 2. The van der Waals surface area contributed by atoms with Gasteiger partial charge in [0.1, 0.15) is 11.6 Å². The van der Waals surface area contributed by atoms with Gasteiger partial charge in [-0.2, -0.15) is 0 Å². The number of ether oxygens (including phenoxy) is 1. The van der Waals surface area contributed by atoms with Crippen LogP contribution < -0.4 is 21.1 Å². The highest BCUT2D eigenvalue weighted by Gasteiger charge is 2.12. The van der Waals surface area contributed by atoms with Gasteiger partial charge in [0.2, 0.25) is 0 Å². The third-order valence-electron chi connectivity index (χ3n) is 4.70. The maximum Gasteiger partial charge on any atom is 0.259 e. The number of hydrogen-bond donors (Lipinski definition) is 3. The number of aromatic nitrogens is 2. The third-order valence-corrected chi connectivity index (χ3v) is 5.00. The summed E-state index contributed by atoms with van der Waals surface area (Å²) >= 11 is 0.399. The summed E-state index contributed by atoms with van der Waals surface area (Å²) in [4.78, 5) is 21.9. The third kappa shape index (κ3) is 4.47. The Hall–Kier alpha value is -3.17. The molecule has 1 aromatic carbocycles. The van der Waals surface area contributed by atoms with Crippen LogP contribution >= 0.6 is 0 Å². The van der Waals surface area contributed by atoms with Gasteiger partial charge in [-0.1, -0.05) is 0 Å². The molecule has 150 valence electrons. The molecule has 1 aliphatic rings. The summed E-state index contributed by atoms with van der Waals surface area (Å²) in [6, 6.07) is 11.6. The monoisotopic (exact) mass is 411 g/mol. The second-order valence-electron chi connectivity index (χ2n) is 6.54. The molecule has 0 unspecified atom stereocenters. The van der Waals surface area contributed by atoms with Crippen molar-refractivity contribution in [2.75, 3.05) is 48.4 Å². The lowest BCUT2D eigenvalue weighted by atomic mass is 10.2. The van der Waals surface area contributed by atoms with Gasteiger partial charge in [0.05, 0.1) is 29.9 Å². The van der Waals surface area contributed by atoms with Crippen molar-refractivity contribution in [1.29, 1.82) is 0 Å². The van der Waals surface area contributed by atoms with E-state index >= 15 is 0 Å². The van der Waals surface area contributed by atoms with Gasteiger partial charge in [-0.25, -0.2) is 9.19 Å². The van der Waals surface area contributed by atoms with Crippen LogP contribution in [0.4, 0.5) is 23.0 Å². The van der Waals surface area contributed by atoms with Crippen molar-refractivity contribution in [2.45, 2.75) is 0 Å². The Balaban J connectivity index is 1.63. The molecule has 29 heavy (non-hydrogen) atoms. The van der Waals surface area contributed by atoms with Gasteiger partial charge in [0, 0.05) is 42.6 Å². The molecule has 1 saturated heterocycles. The zero-order chi connectivity index (χ0) is 20.1. The lowest BCUT2D eigenvalue weighted by Gasteiger charge is -2.28. The largest absolute Gasteiger partial charge is 0.378 e. The first-order chi connectivity index (χ1) is 14.2. The highest BCUT2D eigenvalue weighted by molar-refractivity contribution is 7.64. The van der Waals surface area contributed by atoms with Crippen molar-refractivity contribution in [3.63, 3.8) is 0 Å². The van der Waals surface area contributed by atoms with Crippen molar-refractivity contribution in [2.24, 2.45) is 0 Å². The summed E-state index contributed by atoms with van der Waals surface area (Å²) in [5.74, 6) is 1.04. The quantitative estimate of drug-likeness (QED) is 0.533. The molecular weight excluding hydrogens is 390 g/mol. The predicted molar refractivity (Wildman–Crippen MR) is 118 cm³/mol. The molecule has 0 saturated carbocycles. The van der Waals surface area contributed by atoms with Crippen LogP contribution in [0.3, 0.4) is 0 Å². The number of hydrogen-bond acceptors (Lipinski definition) is 7. The molecule has 2 aromatic heterocycles. The van der Waals surface area contributed by atoms with E-state index in [2.05, 4.69) is 25.5 Å². The van der Waals surface area contributed by atoms with Crippen LogP contribution in [0.15, 0.2) is 47.4 Å². The van der Waals surface area contributed by atoms with Gasteiger partial charge < -0.3 is 25.3 Å². The van der Waals surface area contributed by atoms with Crippen LogP contribution in [-0.4, -0.2) is 52.4 Å². The minimum atomic E-state index is -0.212. The van der Waals surface area contributed by atoms with Gasteiger partial charge in [-0.3, -0.25) is 4.79 Å². The summed E-state index contributed by atoms with van der Waals surface area (Å²) in [6.45, 7) is 3.60.